The first kappa shape index (κ1) is 11.2. The Morgan fingerprint density at radius 1 is 1.07 bits per heavy atom. The van der Waals surface area contributed by atoms with Gasteiger partial charge in [-0.25, -0.2) is 0 Å². The fourth-order valence-electron chi connectivity index (χ4n) is 2.88. The molecule has 15 heavy (non-hydrogen) atoms. The van der Waals surface area contributed by atoms with Crippen molar-refractivity contribution in [3.8, 4) is 0 Å². The van der Waals surface area contributed by atoms with E-state index in [1.54, 1.807) is 0 Å². The predicted octanol–water partition coefficient (Wildman–Crippen LogP) is 3.82. The molecule has 0 N–H and O–H groups in total. The van der Waals surface area contributed by atoms with Crippen LogP contribution < -0.4 is 0 Å². The van der Waals surface area contributed by atoms with Gasteiger partial charge in [-0.05, 0) is 56.3 Å². The SMILES string of the molecule is CC(C)C1CCC(C(=O)CC2CC2)CC1. The van der Waals surface area contributed by atoms with Crippen LogP contribution in [0.5, 0.6) is 0 Å². The maximum Gasteiger partial charge on any atom is 0.136 e. The molecule has 0 atom stereocenters. The van der Waals surface area contributed by atoms with Crippen molar-refractivity contribution in [3.63, 3.8) is 0 Å². The van der Waals surface area contributed by atoms with Gasteiger partial charge in [-0.1, -0.05) is 13.8 Å². The lowest BCUT2D eigenvalue weighted by Crippen LogP contribution is -2.24. The average Bonchev–Trinajstić information content (AvgIpc) is 3.02. The van der Waals surface area contributed by atoms with Gasteiger partial charge < -0.3 is 0 Å². The molecule has 0 aromatic carbocycles. The van der Waals surface area contributed by atoms with Crippen molar-refractivity contribution < 1.29 is 4.79 Å². The number of hydrogen-bond donors (Lipinski definition) is 0. The molecule has 0 bridgehead atoms. The van der Waals surface area contributed by atoms with E-state index in [-0.39, 0.29) is 0 Å². The Balaban J connectivity index is 1.74. The van der Waals surface area contributed by atoms with Gasteiger partial charge in [0.25, 0.3) is 0 Å². The number of carbonyl (C=O) groups is 1. The lowest BCUT2D eigenvalue weighted by Gasteiger charge is -2.30. The van der Waals surface area contributed by atoms with Crippen LogP contribution in [-0.2, 0) is 4.79 Å². The van der Waals surface area contributed by atoms with Crippen molar-refractivity contribution in [3.05, 3.63) is 0 Å². The minimum Gasteiger partial charge on any atom is -0.299 e. The van der Waals surface area contributed by atoms with Gasteiger partial charge in [0.2, 0.25) is 0 Å². The van der Waals surface area contributed by atoms with Gasteiger partial charge in [0.05, 0.1) is 0 Å². The Morgan fingerprint density at radius 2 is 1.67 bits per heavy atom. The Morgan fingerprint density at radius 3 is 2.13 bits per heavy atom. The Labute approximate surface area is 93.6 Å². The summed E-state index contributed by atoms with van der Waals surface area (Å²) in [4.78, 5) is 11.9. The molecule has 0 aromatic rings. The van der Waals surface area contributed by atoms with E-state index in [0.717, 1.165) is 24.2 Å². The van der Waals surface area contributed by atoms with Gasteiger partial charge in [0.15, 0.2) is 0 Å². The van der Waals surface area contributed by atoms with E-state index in [1.807, 2.05) is 0 Å². The zero-order chi connectivity index (χ0) is 10.8. The highest BCUT2D eigenvalue weighted by Crippen LogP contribution is 2.38. The van der Waals surface area contributed by atoms with Crippen LogP contribution in [-0.4, -0.2) is 5.78 Å². The third-order valence-electron chi connectivity index (χ3n) is 4.36. The van der Waals surface area contributed by atoms with E-state index < -0.39 is 0 Å². The summed E-state index contributed by atoms with van der Waals surface area (Å²) in [5.74, 6) is 3.49. The van der Waals surface area contributed by atoms with Crippen molar-refractivity contribution >= 4 is 5.78 Å². The van der Waals surface area contributed by atoms with E-state index in [2.05, 4.69) is 13.8 Å². The third kappa shape index (κ3) is 3.06. The van der Waals surface area contributed by atoms with Crippen LogP contribution >= 0.6 is 0 Å². The first-order valence-electron chi connectivity index (χ1n) is 6.69. The first-order valence-corrected chi connectivity index (χ1v) is 6.69. The van der Waals surface area contributed by atoms with E-state index in [4.69, 9.17) is 0 Å². The molecule has 2 rings (SSSR count). The smallest absolute Gasteiger partial charge is 0.136 e. The highest BCUT2D eigenvalue weighted by Gasteiger charge is 2.31. The Hall–Kier alpha value is -0.330. The summed E-state index contributed by atoms with van der Waals surface area (Å²) in [5, 5.41) is 0. The number of carbonyl (C=O) groups excluding carboxylic acids is 1. The molecule has 2 saturated carbocycles. The maximum absolute atomic E-state index is 11.9. The molecule has 0 heterocycles. The summed E-state index contributed by atoms with van der Waals surface area (Å²) >= 11 is 0. The molecule has 0 unspecified atom stereocenters. The van der Waals surface area contributed by atoms with Crippen LogP contribution in [0.15, 0.2) is 0 Å². The molecule has 86 valence electrons. The second-order valence-electron chi connectivity index (χ2n) is 5.97. The molecule has 0 saturated heterocycles. The average molecular weight is 208 g/mol. The first-order chi connectivity index (χ1) is 7.16. The van der Waals surface area contributed by atoms with Crippen LogP contribution in [0.2, 0.25) is 0 Å². The quantitative estimate of drug-likeness (QED) is 0.686. The summed E-state index contributed by atoms with van der Waals surface area (Å²) in [6.45, 7) is 4.63. The molecule has 0 aromatic heterocycles. The van der Waals surface area contributed by atoms with Gasteiger partial charge in [-0.3, -0.25) is 4.79 Å². The van der Waals surface area contributed by atoms with E-state index in [0.29, 0.717) is 11.7 Å². The molecule has 1 heteroatoms. The fraction of sp³-hybridized carbons (Fsp3) is 0.929. The van der Waals surface area contributed by atoms with Crippen molar-refractivity contribution in [1.82, 2.24) is 0 Å². The summed E-state index contributed by atoms with van der Waals surface area (Å²) in [5.41, 5.74) is 0. The second-order valence-corrected chi connectivity index (χ2v) is 5.97. The zero-order valence-electron chi connectivity index (χ0n) is 10.2. The second kappa shape index (κ2) is 4.67. The highest BCUT2D eigenvalue weighted by atomic mass is 16.1. The van der Waals surface area contributed by atoms with Crippen molar-refractivity contribution in [2.24, 2.45) is 23.7 Å². The molecular weight excluding hydrogens is 184 g/mol. The summed E-state index contributed by atoms with van der Waals surface area (Å²) in [7, 11) is 0. The number of ketones is 1. The molecule has 2 fully saturated rings. The molecule has 0 spiro atoms. The number of hydrogen-bond acceptors (Lipinski definition) is 1. The van der Waals surface area contributed by atoms with Crippen LogP contribution in [0.25, 0.3) is 0 Å². The molecule has 2 aliphatic carbocycles. The molecule has 0 amide bonds. The van der Waals surface area contributed by atoms with E-state index >= 15 is 0 Å². The fourth-order valence-corrected chi connectivity index (χ4v) is 2.88. The minimum atomic E-state index is 0.431. The largest absolute Gasteiger partial charge is 0.299 e. The minimum absolute atomic E-state index is 0.431. The van der Waals surface area contributed by atoms with Crippen molar-refractivity contribution in [2.75, 3.05) is 0 Å². The standard InChI is InChI=1S/C14H24O/c1-10(2)12-5-7-13(8-6-12)14(15)9-11-3-4-11/h10-13H,3-9H2,1-2H3. The van der Waals surface area contributed by atoms with Crippen LogP contribution in [0.3, 0.4) is 0 Å². The number of rotatable bonds is 4. The zero-order valence-corrected chi connectivity index (χ0v) is 10.2. The summed E-state index contributed by atoms with van der Waals surface area (Å²) in [6, 6.07) is 0. The maximum atomic E-state index is 11.9. The molecular formula is C14H24O. The summed E-state index contributed by atoms with van der Waals surface area (Å²) in [6.07, 6.45) is 8.46. The van der Waals surface area contributed by atoms with Crippen LogP contribution in [0.1, 0.15) is 58.8 Å². The lowest BCUT2D eigenvalue weighted by atomic mass is 9.75. The lowest BCUT2D eigenvalue weighted by molar-refractivity contribution is -0.124. The normalized spacial score (nSPS) is 31.9. The van der Waals surface area contributed by atoms with Crippen LogP contribution in [0, 0.1) is 23.7 Å². The number of Topliss-reactive ketones (excluding diaryl/α,β-unsaturated/α-hetero) is 1. The summed E-state index contributed by atoms with van der Waals surface area (Å²) < 4.78 is 0. The van der Waals surface area contributed by atoms with Gasteiger partial charge >= 0.3 is 0 Å². The van der Waals surface area contributed by atoms with Gasteiger partial charge in [-0.2, -0.15) is 0 Å². The van der Waals surface area contributed by atoms with Crippen molar-refractivity contribution in [1.29, 1.82) is 0 Å². The molecule has 1 nitrogen and oxygen atoms in total. The topological polar surface area (TPSA) is 17.1 Å². The van der Waals surface area contributed by atoms with Gasteiger partial charge in [-0.15, -0.1) is 0 Å². The van der Waals surface area contributed by atoms with E-state index in [9.17, 15) is 4.79 Å². The molecule has 2 aliphatic rings. The highest BCUT2D eigenvalue weighted by molar-refractivity contribution is 5.81. The van der Waals surface area contributed by atoms with E-state index in [1.165, 1.54) is 38.5 Å². The van der Waals surface area contributed by atoms with Gasteiger partial charge in [0.1, 0.15) is 5.78 Å². The predicted molar refractivity (Wildman–Crippen MR) is 62.6 cm³/mol. The molecule has 0 aliphatic heterocycles. The van der Waals surface area contributed by atoms with Gasteiger partial charge in [0, 0.05) is 12.3 Å². The van der Waals surface area contributed by atoms with Crippen molar-refractivity contribution in [2.45, 2.75) is 58.8 Å². The Kier molecular flexibility index (Phi) is 3.48. The Bertz CT molecular complexity index is 219. The monoisotopic (exact) mass is 208 g/mol. The third-order valence-corrected chi connectivity index (χ3v) is 4.36. The van der Waals surface area contributed by atoms with Crippen LogP contribution in [0.4, 0.5) is 0 Å². The molecule has 0 radical (unpaired) electrons.